The smallest absolute Gasteiger partial charge is 0.154 e. The molecule has 1 saturated heterocycles. The second kappa shape index (κ2) is 6.49. The molecule has 0 aliphatic carbocycles. The van der Waals surface area contributed by atoms with Crippen LogP contribution in [0.4, 0.5) is 5.82 Å². The number of H-pyrrole nitrogens is 1. The minimum Gasteiger partial charge on any atom is -0.354 e. The van der Waals surface area contributed by atoms with Gasteiger partial charge in [-0.2, -0.15) is 16.9 Å². The maximum absolute atomic E-state index is 4.86. The van der Waals surface area contributed by atoms with E-state index < -0.39 is 0 Å². The quantitative estimate of drug-likeness (QED) is 0.606. The van der Waals surface area contributed by atoms with Crippen LogP contribution in [0.2, 0.25) is 0 Å². The summed E-state index contributed by atoms with van der Waals surface area (Å²) in [5, 5.41) is 11.7. The first-order valence-corrected chi connectivity index (χ1v) is 9.81. The molecule has 0 saturated carbocycles. The first-order chi connectivity index (χ1) is 12.9. The average Bonchev–Trinajstić information content (AvgIpc) is 3.38. The third-order valence-electron chi connectivity index (χ3n) is 4.70. The van der Waals surface area contributed by atoms with Gasteiger partial charge in [0, 0.05) is 41.9 Å². The Labute approximate surface area is 155 Å². The largest absolute Gasteiger partial charge is 0.354 e. The highest BCUT2D eigenvalue weighted by molar-refractivity contribution is 7.99. The van der Waals surface area contributed by atoms with Crippen LogP contribution in [0.1, 0.15) is 0 Å². The summed E-state index contributed by atoms with van der Waals surface area (Å²) in [5.74, 6) is 3.34. The zero-order valence-electron chi connectivity index (χ0n) is 14.2. The predicted octanol–water partition coefficient (Wildman–Crippen LogP) is 3.34. The third kappa shape index (κ3) is 2.74. The van der Waals surface area contributed by atoms with E-state index in [4.69, 9.17) is 5.10 Å². The fraction of sp³-hybridized carbons (Fsp3) is 0.211. The summed E-state index contributed by atoms with van der Waals surface area (Å²) < 4.78 is 1.95. The fourth-order valence-corrected chi connectivity index (χ4v) is 4.17. The van der Waals surface area contributed by atoms with Crippen molar-refractivity contribution in [3.63, 3.8) is 0 Å². The lowest BCUT2D eigenvalue weighted by atomic mass is 10.1. The molecule has 1 aromatic carbocycles. The van der Waals surface area contributed by atoms with Crippen LogP contribution in [0, 0.1) is 0 Å². The highest BCUT2D eigenvalue weighted by atomic mass is 32.2. The third-order valence-corrected chi connectivity index (χ3v) is 5.64. The molecule has 5 rings (SSSR count). The van der Waals surface area contributed by atoms with Crippen molar-refractivity contribution in [1.82, 2.24) is 24.8 Å². The van der Waals surface area contributed by atoms with Crippen molar-refractivity contribution in [3.8, 4) is 22.4 Å². The molecule has 0 atom stereocenters. The Morgan fingerprint density at radius 1 is 0.885 bits per heavy atom. The van der Waals surface area contributed by atoms with Gasteiger partial charge in [0.25, 0.3) is 0 Å². The second-order valence-electron chi connectivity index (χ2n) is 6.27. The summed E-state index contributed by atoms with van der Waals surface area (Å²) in [6.07, 6.45) is 5.62. The molecule has 3 aromatic heterocycles. The number of nitrogens with zero attached hydrogens (tertiary/aromatic N) is 5. The zero-order chi connectivity index (χ0) is 17.3. The molecule has 0 amide bonds. The molecule has 0 spiro atoms. The number of fused-ring (bicyclic) bond motifs is 1. The Morgan fingerprint density at radius 2 is 1.69 bits per heavy atom. The summed E-state index contributed by atoms with van der Waals surface area (Å²) in [4.78, 5) is 6.87. The van der Waals surface area contributed by atoms with Gasteiger partial charge in [0.05, 0.1) is 18.1 Å². The van der Waals surface area contributed by atoms with Crippen LogP contribution in [0.15, 0.2) is 55.0 Å². The van der Waals surface area contributed by atoms with Gasteiger partial charge in [0.2, 0.25) is 0 Å². The molecule has 1 fully saturated rings. The highest BCUT2D eigenvalue weighted by Gasteiger charge is 2.15. The van der Waals surface area contributed by atoms with E-state index in [1.807, 2.05) is 40.9 Å². The number of anilines is 1. The van der Waals surface area contributed by atoms with Crippen molar-refractivity contribution in [2.45, 2.75) is 0 Å². The van der Waals surface area contributed by atoms with E-state index in [0.29, 0.717) is 0 Å². The number of hydrogen-bond donors (Lipinski definition) is 1. The Kier molecular flexibility index (Phi) is 3.86. The number of aromatic amines is 1. The van der Waals surface area contributed by atoms with Gasteiger partial charge >= 0.3 is 0 Å². The normalized spacial score (nSPS) is 14.8. The number of aromatic nitrogens is 5. The van der Waals surface area contributed by atoms with Crippen molar-refractivity contribution in [2.24, 2.45) is 0 Å². The Morgan fingerprint density at radius 3 is 2.46 bits per heavy atom. The van der Waals surface area contributed by atoms with Crippen molar-refractivity contribution < 1.29 is 0 Å². The molecular weight excluding hydrogens is 344 g/mol. The van der Waals surface area contributed by atoms with Crippen molar-refractivity contribution in [2.75, 3.05) is 29.5 Å². The first-order valence-electron chi connectivity index (χ1n) is 8.65. The molecule has 1 N–H and O–H groups in total. The fourth-order valence-electron chi connectivity index (χ4n) is 3.26. The summed E-state index contributed by atoms with van der Waals surface area (Å²) >= 11 is 2.00. The van der Waals surface area contributed by atoms with Gasteiger partial charge in [-0.1, -0.05) is 24.3 Å². The minimum absolute atomic E-state index is 0.869. The minimum atomic E-state index is 0.869. The van der Waals surface area contributed by atoms with E-state index in [-0.39, 0.29) is 0 Å². The van der Waals surface area contributed by atoms with Crippen LogP contribution in [0.3, 0.4) is 0 Å². The lowest BCUT2D eigenvalue weighted by molar-refractivity contribution is 0.805. The average molecular weight is 362 g/mol. The standard InChI is InChI=1S/C19H18N6S/c1-3-15(4-2-14(1)16-11-21-22-12-16)17-13-20-18-5-6-19(23-25(17)18)24-7-9-26-10-8-24/h1-6,11-13H,7-10H2,(H,21,22). The van der Waals surface area contributed by atoms with Crippen LogP contribution in [0.25, 0.3) is 28.0 Å². The van der Waals surface area contributed by atoms with Crippen LogP contribution in [0.5, 0.6) is 0 Å². The molecule has 1 aliphatic rings. The number of nitrogens with one attached hydrogen (secondary N) is 1. The van der Waals surface area contributed by atoms with Gasteiger partial charge in [-0.25, -0.2) is 9.50 Å². The van der Waals surface area contributed by atoms with Gasteiger partial charge in [0.15, 0.2) is 5.65 Å². The van der Waals surface area contributed by atoms with Crippen LogP contribution in [-0.4, -0.2) is 49.4 Å². The van der Waals surface area contributed by atoms with Gasteiger partial charge in [-0.3, -0.25) is 5.10 Å². The maximum Gasteiger partial charge on any atom is 0.154 e. The van der Waals surface area contributed by atoms with Crippen molar-refractivity contribution in [3.05, 3.63) is 55.0 Å². The predicted molar refractivity (Wildman–Crippen MR) is 106 cm³/mol. The van der Waals surface area contributed by atoms with E-state index in [2.05, 4.69) is 50.4 Å². The molecule has 4 heterocycles. The molecule has 0 bridgehead atoms. The van der Waals surface area contributed by atoms with Crippen molar-refractivity contribution in [1.29, 1.82) is 0 Å². The van der Waals surface area contributed by atoms with Gasteiger partial charge in [-0.15, -0.1) is 5.10 Å². The van der Waals surface area contributed by atoms with Gasteiger partial charge in [0.1, 0.15) is 5.82 Å². The summed E-state index contributed by atoms with van der Waals surface area (Å²) in [6.45, 7) is 2.10. The van der Waals surface area contributed by atoms with E-state index in [1.165, 1.54) is 0 Å². The van der Waals surface area contributed by atoms with E-state index >= 15 is 0 Å². The number of rotatable bonds is 3. The number of imidazole rings is 1. The lowest BCUT2D eigenvalue weighted by Crippen LogP contribution is -2.33. The summed E-state index contributed by atoms with van der Waals surface area (Å²) in [6, 6.07) is 12.5. The number of benzene rings is 1. The Bertz CT molecular complexity index is 1020. The van der Waals surface area contributed by atoms with Gasteiger partial charge in [-0.05, 0) is 17.7 Å². The Hall–Kier alpha value is -2.80. The molecule has 4 aromatic rings. The molecule has 1 aliphatic heterocycles. The molecule has 130 valence electrons. The van der Waals surface area contributed by atoms with Crippen LogP contribution in [-0.2, 0) is 0 Å². The molecule has 26 heavy (non-hydrogen) atoms. The SMILES string of the molecule is c1cc(-c2cnc3ccc(N4CCSCC4)nn23)ccc1-c1cn[nH]c1. The van der Waals surface area contributed by atoms with E-state index in [9.17, 15) is 0 Å². The van der Waals surface area contributed by atoms with E-state index in [0.717, 1.165) is 58.4 Å². The maximum atomic E-state index is 4.86. The zero-order valence-corrected chi connectivity index (χ0v) is 15.0. The molecule has 6 nitrogen and oxygen atoms in total. The number of thioether (sulfide) groups is 1. The first kappa shape index (κ1) is 15.5. The topological polar surface area (TPSA) is 62.1 Å². The molecule has 0 unspecified atom stereocenters. The van der Waals surface area contributed by atoms with E-state index in [1.54, 1.807) is 0 Å². The lowest BCUT2D eigenvalue weighted by Gasteiger charge is -2.27. The summed E-state index contributed by atoms with van der Waals surface area (Å²) in [7, 11) is 0. The van der Waals surface area contributed by atoms with Gasteiger partial charge < -0.3 is 4.90 Å². The van der Waals surface area contributed by atoms with Crippen molar-refractivity contribution >= 4 is 23.2 Å². The monoisotopic (exact) mass is 362 g/mol. The van der Waals surface area contributed by atoms with Crippen LogP contribution >= 0.6 is 11.8 Å². The molecule has 0 radical (unpaired) electrons. The Balaban J connectivity index is 1.52. The second-order valence-corrected chi connectivity index (χ2v) is 7.49. The van der Waals surface area contributed by atoms with Crippen LogP contribution < -0.4 is 4.90 Å². The highest BCUT2D eigenvalue weighted by Crippen LogP contribution is 2.26. The summed E-state index contributed by atoms with van der Waals surface area (Å²) in [5.41, 5.74) is 5.19. The number of hydrogen-bond acceptors (Lipinski definition) is 5. The molecular formula is C19H18N6S. The molecule has 7 heteroatoms.